The molecule has 17 heavy (non-hydrogen) atoms. The lowest BCUT2D eigenvalue weighted by molar-refractivity contribution is 0.766. The van der Waals surface area contributed by atoms with Crippen LogP contribution in [-0.4, -0.2) is 21.8 Å². The van der Waals surface area contributed by atoms with Gasteiger partial charge in [-0.1, -0.05) is 6.07 Å². The number of nitrogens with two attached hydrogens (primary N) is 1. The number of hydrogen-bond donors (Lipinski definition) is 1. The van der Waals surface area contributed by atoms with E-state index in [1.54, 1.807) is 10.9 Å². The second-order valence-corrected chi connectivity index (χ2v) is 4.07. The Morgan fingerprint density at radius 2 is 2.29 bits per heavy atom. The highest BCUT2D eigenvalue weighted by atomic mass is 15.2. The van der Waals surface area contributed by atoms with Crippen molar-refractivity contribution < 1.29 is 0 Å². The van der Waals surface area contributed by atoms with Gasteiger partial charge in [0, 0.05) is 50.7 Å². The molecule has 2 heterocycles. The minimum atomic E-state index is 0.501. The standard InChI is InChI=1S/C12H17N5/c1-16(8-10-7-15-17(2)9-10)12-11(6-13)4-3-5-14-12/h3-5,7,9H,6,8,13H2,1-2H3. The summed E-state index contributed by atoms with van der Waals surface area (Å²) in [7, 11) is 3.92. The Kier molecular flexibility index (Phi) is 3.39. The predicted octanol–water partition coefficient (Wildman–Crippen LogP) is 0.910. The molecule has 0 saturated heterocycles. The zero-order valence-corrected chi connectivity index (χ0v) is 10.2. The molecule has 0 aliphatic carbocycles. The first-order chi connectivity index (χ1) is 8.20. The zero-order chi connectivity index (χ0) is 12.3. The Balaban J connectivity index is 2.16. The van der Waals surface area contributed by atoms with E-state index in [-0.39, 0.29) is 0 Å². The van der Waals surface area contributed by atoms with Gasteiger partial charge in [-0.25, -0.2) is 4.98 Å². The van der Waals surface area contributed by atoms with E-state index in [1.807, 2.05) is 38.6 Å². The fourth-order valence-electron chi connectivity index (χ4n) is 1.84. The van der Waals surface area contributed by atoms with Gasteiger partial charge in [0.1, 0.15) is 5.82 Å². The minimum Gasteiger partial charge on any atom is -0.355 e. The van der Waals surface area contributed by atoms with Gasteiger partial charge in [0.25, 0.3) is 0 Å². The van der Waals surface area contributed by atoms with Crippen LogP contribution in [0.25, 0.3) is 0 Å². The van der Waals surface area contributed by atoms with Crippen molar-refractivity contribution in [3.05, 3.63) is 41.9 Å². The molecular weight excluding hydrogens is 214 g/mol. The number of nitrogens with zero attached hydrogens (tertiary/aromatic N) is 4. The Morgan fingerprint density at radius 1 is 1.47 bits per heavy atom. The van der Waals surface area contributed by atoms with Crippen molar-refractivity contribution >= 4 is 5.82 Å². The molecule has 2 aromatic rings. The Bertz CT molecular complexity index is 491. The number of hydrogen-bond acceptors (Lipinski definition) is 4. The van der Waals surface area contributed by atoms with Crippen molar-refractivity contribution in [3.63, 3.8) is 0 Å². The van der Waals surface area contributed by atoms with E-state index >= 15 is 0 Å². The molecule has 0 saturated carbocycles. The molecule has 0 aliphatic rings. The second kappa shape index (κ2) is 4.97. The van der Waals surface area contributed by atoms with Crippen LogP contribution in [0.2, 0.25) is 0 Å². The second-order valence-electron chi connectivity index (χ2n) is 4.07. The van der Waals surface area contributed by atoms with Crippen LogP contribution in [0.1, 0.15) is 11.1 Å². The average Bonchev–Trinajstić information content (AvgIpc) is 2.74. The van der Waals surface area contributed by atoms with Crippen LogP contribution in [0, 0.1) is 0 Å². The normalized spacial score (nSPS) is 10.5. The summed E-state index contributed by atoms with van der Waals surface area (Å²) in [5, 5.41) is 4.15. The highest BCUT2D eigenvalue weighted by Crippen LogP contribution is 2.17. The van der Waals surface area contributed by atoms with Crippen molar-refractivity contribution in [1.82, 2.24) is 14.8 Å². The molecule has 5 nitrogen and oxygen atoms in total. The highest BCUT2D eigenvalue weighted by Gasteiger charge is 2.08. The lowest BCUT2D eigenvalue weighted by Gasteiger charge is -2.19. The molecule has 0 amide bonds. The molecular formula is C12H17N5. The molecule has 0 radical (unpaired) electrons. The zero-order valence-electron chi connectivity index (χ0n) is 10.2. The van der Waals surface area contributed by atoms with Gasteiger partial charge < -0.3 is 10.6 Å². The number of anilines is 1. The van der Waals surface area contributed by atoms with Gasteiger partial charge in [0.05, 0.1) is 6.20 Å². The summed E-state index contributed by atoms with van der Waals surface area (Å²) in [6.07, 6.45) is 5.65. The fraction of sp³-hybridized carbons (Fsp3) is 0.333. The molecule has 5 heteroatoms. The predicted molar refractivity (Wildman–Crippen MR) is 67.4 cm³/mol. The molecule has 0 aliphatic heterocycles. The molecule has 90 valence electrons. The molecule has 0 atom stereocenters. The van der Waals surface area contributed by atoms with E-state index in [0.29, 0.717) is 6.54 Å². The van der Waals surface area contributed by atoms with Crippen molar-refractivity contribution in [2.45, 2.75) is 13.1 Å². The van der Waals surface area contributed by atoms with Crippen molar-refractivity contribution in [2.24, 2.45) is 12.8 Å². The molecule has 2 aromatic heterocycles. The van der Waals surface area contributed by atoms with Crippen LogP contribution >= 0.6 is 0 Å². The molecule has 0 aromatic carbocycles. The SMILES string of the molecule is CN(Cc1cnn(C)c1)c1ncccc1CN. The summed E-state index contributed by atoms with van der Waals surface area (Å²) in [5.41, 5.74) is 7.91. The van der Waals surface area contributed by atoms with E-state index in [9.17, 15) is 0 Å². The Labute approximate surface area is 101 Å². The van der Waals surface area contributed by atoms with Crippen LogP contribution in [0.15, 0.2) is 30.7 Å². The van der Waals surface area contributed by atoms with Gasteiger partial charge >= 0.3 is 0 Å². The summed E-state index contributed by atoms with van der Waals surface area (Å²) in [6, 6.07) is 3.91. The van der Waals surface area contributed by atoms with E-state index in [0.717, 1.165) is 23.5 Å². The third-order valence-electron chi connectivity index (χ3n) is 2.63. The van der Waals surface area contributed by atoms with Gasteiger partial charge in [-0.05, 0) is 6.07 Å². The topological polar surface area (TPSA) is 60.0 Å². The third-order valence-corrected chi connectivity index (χ3v) is 2.63. The summed E-state index contributed by atoms with van der Waals surface area (Å²) in [6.45, 7) is 1.28. The third kappa shape index (κ3) is 2.62. The van der Waals surface area contributed by atoms with E-state index in [4.69, 9.17) is 5.73 Å². The Hall–Kier alpha value is -1.88. The van der Waals surface area contributed by atoms with Gasteiger partial charge in [-0.15, -0.1) is 0 Å². The monoisotopic (exact) mass is 231 g/mol. The van der Waals surface area contributed by atoms with E-state index in [2.05, 4.69) is 15.0 Å². The summed E-state index contributed by atoms with van der Waals surface area (Å²) >= 11 is 0. The summed E-state index contributed by atoms with van der Waals surface area (Å²) in [4.78, 5) is 6.45. The van der Waals surface area contributed by atoms with E-state index < -0.39 is 0 Å². The van der Waals surface area contributed by atoms with E-state index in [1.165, 1.54) is 0 Å². The molecule has 0 fully saturated rings. The van der Waals surface area contributed by atoms with Gasteiger partial charge in [0.15, 0.2) is 0 Å². The van der Waals surface area contributed by atoms with Crippen LogP contribution in [0.4, 0.5) is 5.82 Å². The molecule has 2 rings (SSSR count). The lowest BCUT2D eigenvalue weighted by atomic mass is 10.2. The smallest absolute Gasteiger partial charge is 0.133 e. The van der Waals surface area contributed by atoms with Crippen LogP contribution in [0.3, 0.4) is 0 Å². The molecule has 2 N–H and O–H groups in total. The maximum absolute atomic E-state index is 5.70. The van der Waals surface area contributed by atoms with Crippen LogP contribution < -0.4 is 10.6 Å². The lowest BCUT2D eigenvalue weighted by Crippen LogP contribution is -2.20. The molecule has 0 bridgehead atoms. The number of pyridine rings is 1. The summed E-state index contributed by atoms with van der Waals surface area (Å²) in [5.74, 6) is 0.929. The first-order valence-corrected chi connectivity index (χ1v) is 5.53. The van der Waals surface area contributed by atoms with Gasteiger partial charge in [-0.3, -0.25) is 4.68 Å². The molecule has 0 unspecified atom stereocenters. The van der Waals surface area contributed by atoms with Crippen molar-refractivity contribution in [1.29, 1.82) is 0 Å². The van der Waals surface area contributed by atoms with Crippen molar-refractivity contribution in [2.75, 3.05) is 11.9 Å². The fourth-order valence-corrected chi connectivity index (χ4v) is 1.84. The van der Waals surface area contributed by atoms with Crippen LogP contribution in [0.5, 0.6) is 0 Å². The first kappa shape index (κ1) is 11.6. The van der Waals surface area contributed by atoms with Crippen LogP contribution in [-0.2, 0) is 20.1 Å². The number of aromatic nitrogens is 3. The number of aryl methyl sites for hydroxylation is 1. The number of rotatable bonds is 4. The minimum absolute atomic E-state index is 0.501. The largest absolute Gasteiger partial charge is 0.355 e. The molecule has 0 spiro atoms. The Morgan fingerprint density at radius 3 is 2.94 bits per heavy atom. The summed E-state index contributed by atoms with van der Waals surface area (Å²) < 4.78 is 1.80. The maximum Gasteiger partial charge on any atom is 0.133 e. The maximum atomic E-state index is 5.70. The quantitative estimate of drug-likeness (QED) is 0.849. The first-order valence-electron chi connectivity index (χ1n) is 5.53. The van der Waals surface area contributed by atoms with Gasteiger partial charge in [0.2, 0.25) is 0 Å². The van der Waals surface area contributed by atoms with Crippen molar-refractivity contribution in [3.8, 4) is 0 Å². The average molecular weight is 231 g/mol. The highest BCUT2D eigenvalue weighted by molar-refractivity contribution is 5.46. The van der Waals surface area contributed by atoms with Gasteiger partial charge in [-0.2, -0.15) is 5.10 Å².